The van der Waals surface area contributed by atoms with Crippen molar-refractivity contribution < 1.29 is 8.60 Å². The minimum atomic E-state index is -2.76. The first kappa shape index (κ1) is 10.1. The molecule has 1 unspecified atom stereocenters. The van der Waals surface area contributed by atoms with Crippen LogP contribution in [0.25, 0.3) is 0 Å². The van der Waals surface area contributed by atoms with Crippen LogP contribution in [0.1, 0.15) is 5.56 Å². The molecule has 1 atom stereocenters. The van der Waals surface area contributed by atoms with Crippen molar-refractivity contribution in [1.29, 1.82) is 4.78 Å². The summed E-state index contributed by atoms with van der Waals surface area (Å²) in [7, 11) is -2.76. The smallest absolute Gasteiger partial charge is 0.127 e. The van der Waals surface area contributed by atoms with Crippen LogP contribution in [0.3, 0.4) is 0 Å². The zero-order valence-corrected chi connectivity index (χ0v) is 8.03. The molecule has 0 aliphatic rings. The zero-order chi connectivity index (χ0) is 9.90. The third-order valence-corrected chi connectivity index (χ3v) is 2.19. The van der Waals surface area contributed by atoms with Gasteiger partial charge in [-0.05, 0) is 6.07 Å². The first-order chi connectivity index (χ1) is 5.99. The van der Waals surface area contributed by atoms with Gasteiger partial charge in [0.2, 0.25) is 0 Å². The molecule has 5 heteroatoms. The van der Waals surface area contributed by atoms with Crippen molar-refractivity contribution in [3.63, 3.8) is 0 Å². The number of rotatable bonds is 3. The molecule has 3 nitrogen and oxygen atoms in total. The monoisotopic (exact) mass is 202 g/mol. The number of hydrogen-bond acceptors (Lipinski definition) is 2. The zero-order valence-electron chi connectivity index (χ0n) is 7.21. The summed E-state index contributed by atoms with van der Waals surface area (Å²) < 4.78 is 33.4. The largest absolute Gasteiger partial charge is 0.241 e. The highest BCUT2D eigenvalue weighted by Crippen LogP contribution is 2.05. The standard InChI is InChI=1S/C8H11FN2OS/c1-13(10,12)11-6-7-4-2-3-5-8(7)9/h2-5H,6H2,1H3,(H2,10,11,12). The molecule has 0 aromatic heterocycles. The van der Waals surface area contributed by atoms with E-state index in [0.717, 1.165) is 0 Å². The molecule has 1 aromatic rings. The summed E-state index contributed by atoms with van der Waals surface area (Å²) >= 11 is 0. The fourth-order valence-electron chi connectivity index (χ4n) is 0.857. The summed E-state index contributed by atoms with van der Waals surface area (Å²) in [6.45, 7) is 0.117. The second-order valence-corrected chi connectivity index (χ2v) is 4.73. The maximum Gasteiger partial charge on any atom is 0.127 e. The summed E-state index contributed by atoms with van der Waals surface area (Å²) in [6, 6.07) is 6.20. The van der Waals surface area contributed by atoms with Gasteiger partial charge in [0.25, 0.3) is 0 Å². The van der Waals surface area contributed by atoms with Gasteiger partial charge in [-0.15, -0.1) is 0 Å². The van der Waals surface area contributed by atoms with E-state index in [0.29, 0.717) is 5.56 Å². The summed E-state index contributed by atoms with van der Waals surface area (Å²) in [5.74, 6) is -0.348. The van der Waals surface area contributed by atoms with Crippen LogP contribution < -0.4 is 4.72 Å². The molecule has 0 amide bonds. The van der Waals surface area contributed by atoms with E-state index in [4.69, 9.17) is 4.78 Å². The van der Waals surface area contributed by atoms with Gasteiger partial charge in [-0.2, -0.15) is 0 Å². The Morgan fingerprint density at radius 3 is 2.69 bits per heavy atom. The van der Waals surface area contributed by atoms with Gasteiger partial charge in [0.15, 0.2) is 0 Å². The molecule has 0 saturated heterocycles. The van der Waals surface area contributed by atoms with Crippen molar-refractivity contribution in [1.82, 2.24) is 4.72 Å². The molecule has 0 fully saturated rings. The third kappa shape index (κ3) is 3.52. The van der Waals surface area contributed by atoms with E-state index in [1.807, 2.05) is 0 Å². The van der Waals surface area contributed by atoms with Gasteiger partial charge in [-0.25, -0.2) is 18.1 Å². The predicted octanol–water partition coefficient (Wildman–Crippen LogP) is 1.51. The molecular formula is C8H11FN2OS. The van der Waals surface area contributed by atoms with Crippen LogP contribution in [-0.4, -0.2) is 10.5 Å². The number of nitrogens with one attached hydrogen (secondary N) is 2. The van der Waals surface area contributed by atoms with Gasteiger partial charge in [0.05, 0.1) is 0 Å². The molecule has 0 spiro atoms. The van der Waals surface area contributed by atoms with Crippen LogP contribution >= 0.6 is 0 Å². The molecule has 1 aromatic carbocycles. The number of halogens is 1. The summed E-state index contributed by atoms with van der Waals surface area (Å²) in [5, 5.41) is 0. The van der Waals surface area contributed by atoms with Gasteiger partial charge in [0.1, 0.15) is 15.7 Å². The maximum absolute atomic E-state index is 13.0. The lowest BCUT2D eigenvalue weighted by Gasteiger charge is -2.04. The van der Waals surface area contributed by atoms with E-state index in [2.05, 4.69) is 4.72 Å². The average Bonchev–Trinajstić information content (AvgIpc) is 2.01. The third-order valence-electron chi connectivity index (χ3n) is 1.50. The van der Waals surface area contributed by atoms with E-state index in [-0.39, 0.29) is 12.4 Å². The number of hydrogen-bond donors (Lipinski definition) is 2. The Hall–Kier alpha value is -0.940. The highest BCUT2D eigenvalue weighted by atomic mass is 32.2. The van der Waals surface area contributed by atoms with Gasteiger partial charge in [0, 0.05) is 18.4 Å². The van der Waals surface area contributed by atoms with Crippen LogP contribution in [0.5, 0.6) is 0 Å². The lowest BCUT2D eigenvalue weighted by Crippen LogP contribution is -2.20. The Balaban J connectivity index is 2.71. The van der Waals surface area contributed by atoms with Crippen molar-refractivity contribution >= 4 is 9.92 Å². The predicted molar refractivity (Wildman–Crippen MR) is 50.0 cm³/mol. The topological polar surface area (TPSA) is 53.0 Å². The molecule has 0 bridgehead atoms. The van der Waals surface area contributed by atoms with Gasteiger partial charge in [-0.1, -0.05) is 18.2 Å². The highest BCUT2D eigenvalue weighted by molar-refractivity contribution is 7.89. The van der Waals surface area contributed by atoms with Crippen molar-refractivity contribution in [2.75, 3.05) is 6.26 Å². The van der Waals surface area contributed by atoms with Crippen LogP contribution in [0.15, 0.2) is 24.3 Å². The first-order valence-corrected chi connectivity index (χ1v) is 5.67. The van der Waals surface area contributed by atoms with Crippen molar-refractivity contribution in [2.24, 2.45) is 0 Å². The van der Waals surface area contributed by atoms with Crippen molar-refractivity contribution in [3.8, 4) is 0 Å². The summed E-state index contributed by atoms with van der Waals surface area (Å²) in [5.41, 5.74) is 0.421. The van der Waals surface area contributed by atoms with Gasteiger partial charge >= 0.3 is 0 Å². The Labute approximate surface area is 77.1 Å². The Morgan fingerprint density at radius 1 is 1.54 bits per heavy atom. The van der Waals surface area contributed by atoms with Gasteiger partial charge in [-0.3, -0.25) is 0 Å². The molecule has 0 aliphatic carbocycles. The van der Waals surface area contributed by atoms with Gasteiger partial charge < -0.3 is 0 Å². The SMILES string of the molecule is CS(=N)(=O)NCc1ccccc1F. The minimum absolute atomic E-state index is 0.117. The van der Waals surface area contributed by atoms with Crippen LogP contribution in [0.2, 0.25) is 0 Å². The Kier molecular flexibility index (Phi) is 3.00. The molecule has 0 radical (unpaired) electrons. The van der Waals surface area contributed by atoms with Crippen LogP contribution in [0.4, 0.5) is 4.39 Å². The Bertz CT molecular complexity index is 389. The molecule has 2 N–H and O–H groups in total. The van der Waals surface area contributed by atoms with Crippen LogP contribution in [0, 0.1) is 10.6 Å². The van der Waals surface area contributed by atoms with E-state index in [9.17, 15) is 8.60 Å². The lowest BCUT2D eigenvalue weighted by atomic mass is 10.2. The second-order valence-electron chi connectivity index (χ2n) is 2.76. The molecule has 0 aliphatic heterocycles. The van der Waals surface area contributed by atoms with E-state index in [1.54, 1.807) is 18.2 Å². The van der Waals surface area contributed by atoms with E-state index < -0.39 is 9.92 Å². The molecule has 0 heterocycles. The fourth-order valence-corrected chi connectivity index (χ4v) is 1.29. The number of benzene rings is 1. The molecule has 1 rings (SSSR count). The summed E-state index contributed by atoms with van der Waals surface area (Å²) in [4.78, 5) is 0. The maximum atomic E-state index is 13.0. The van der Waals surface area contributed by atoms with E-state index in [1.165, 1.54) is 12.3 Å². The highest BCUT2D eigenvalue weighted by Gasteiger charge is 2.01. The average molecular weight is 202 g/mol. The minimum Gasteiger partial charge on any atom is -0.241 e. The molecule has 0 saturated carbocycles. The molecule has 72 valence electrons. The second kappa shape index (κ2) is 3.85. The quantitative estimate of drug-likeness (QED) is 0.767. The first-order valence-electron chi connectivity index (χ1n) is 3.71. The molecular weight excluding hydrogens is 191 g/mol. The Morgan fingerprint density at radius 2 is 2.15 bits per heavy atom. The normalized spacial score (nSPS) is 15.2. The fraction of sp³-hybridized carbons (Fsp3) is 0.250. The van der Waals surface area contributed by atoms with E-state index >= 15 is 0 Å². The van der Waals surface area contributed by atoms with Crippen LogP contribution in [-0.2, 0) is 16.5 Å². The molecule has 13 heavy (non-hydrogen) atoms. The van der Waals surface area contributed by atoms with Crippen molar-refractivity contribution in [2.45, 2.75) is 6.54 Å². The lowest BCUT2D eigenvalue weighted by molar-refractivity contribution is 0.605. The van der Waals surface area contributed by atoms with Crippen molar-refractivity contribution in [3.05, 3.63) is 35.6 Å². The summed E-state index contributed by atoms with van der Waals surface area (Å²) in [6.07, 6.45) is 1.26.